The molecule has 0 radical (unpaired) electrons. The van der Waals surface area contributed by atoms with Gasteiger partial charge in [0.25, 0.3) is 0 Å². The van der Waals surface area contributed by atoms with E-state index < -0.39 is 11.7 Å². The largest absolute Gasteiger partial charge is 0.443 e. The summed E-state index contributed by atoms with van der Waals surface area (Å²) in [4.78, 5) is 11.7. The molecule has 134 valence electrons. The van der Waals surface area contributed by atoms with Gasteiger partial charge in [0.1, 0.15) is 5.60 Å². The first kappa shape index (κ1) is 17.7. The smallest absolute Gasteiger partial charge is 0.428 e. The van der Waals surface area contributed by atoms with Crippen molar-refractivity contribution < 1.29 is 9.53 Å². The molecule has 0 aliphatic rings. The van der Waals surface area contributed by atoms with Crippen LogP contribution in [0.15, 0.2) is 65.9 Å². The predicted octanol–water partition coefficient (Wildman–Crippen LogP) is 4.55. The van der Waals surface area contributed by atoms with Crippen molar-refractivity contribution in [3.8, 4) is 0 Å². The Kier molecular flexibility index (Phi) is 5.07. The summed E-state index contributed by atoms with van der Waals surface area (Å²) in [5, 5.41) is 5.11. The maximum atomic E-state index is 11.7. The molecule has 1 aromatic heterocycles. The Morgan fingerprint density at radius 1 is 1.12 bits per heavy atom. The first-order valence-corrected chi connectivity index (χ1v) is 8.56. The highest BCUT2D eigenvalue weighted by Crippen LogP contribution is 2.21. The number of amides is 1. The van der Waals surface area contributed by atoms with Crippen LogP contribution in [0.2, 0.25) is 0 Å². The molecule has 3 rings (SSSR count). The molecule has 0 aliphatic carbocycles. The van der Waals surface area contributed by atoms with Crippen LogP contribution in [-0.4, -0.2) is 22.5 Å². The highest BCUT2D eigenvalue weighted by Gasteiger charge is 2.15. The number of aromatic nitrogens is 1. The fourth-order valence-electron chi connectivity index (χ4n) is 2.74. The second-order valence-electron chi connectivity index (χ2n) is 7.09. The molecule has 2 aromatic carbocycles. The van der Waals surface area contributed by atoms with Gasteiger partial charge in [-0.1, -0.05) is 48.5 Å². The summed E-state index contributed by atoms with van der Waals surface area (Å²) >= 11 is 0. The minimum Gasteiger partial charge on any atom is -0.443 e. The van der Waals surface area contributed by atoms with E-state index in [1.54, 1.807) is 6.21 Å². The topological polar surface area (TPSA) is 55.6 Å². The van der Waals surface area contributed by atoms with Gasteiger partial charge in [0.05, 0.1) is 6.21 Å². The Bertz CT molecular complexity index is 921. The Balaban J connectivity index is 1.81. The Hall–Kier alpha value is -3.08. The lowest BCUT2D eigenvalue weighted by molar-refractivity contribution is 0.0529. The molecule has 0 spiro atoms. The number of nitrogens with one attached hydrogen (secondary N) is 1. The molecule has 0 saturated heterocycles. The molecule has 0 fully saturated rings. The zero-order valence-corrected chi connectivity index (χ0v) is 15.3. The van der Waals surface area contributed by atoms with Gasteiger partial charge in [-0.05, 0) is 32.4 Å². The van der Waals surface area contributed by atoms with Crippen molar-refractivity contribution in [2.24, 2.45) is 5.10 Å². The first-order valence-electron chi connectivity index (χ1n) is 8.56. The van der Waals surface area contributed by atoms with Crippen molar-refractivity contribution in [2.75, 3.05) is 0 Å². The van der Waals surface area contributed by atoms with Crippen LogP contribution in [0.4, 0.5) is 4.79 Å². The third-order valence-corrected chi connectivity index (χ3v) is 3.77. The van der Waals surface area contributed by atoms with E-state index in [1.807, 2.05) is 63.4 Å². The van der Waals surface area contributed by atoms with E-state index in [-0.39, 0.29) is 0 Å². The van der Waals surface area contributed by atoms with Crippen LogP contribution in [-0.2, 0) is 11.3 Å². The highest BCUT2D eigenvalue weighted by atomic mass is 16.6. The van der Waals surface area contributed by atoms with Gasteiger partial charge in [0, 0.05) is 29.2 Å². The van der Waals surface area contributed by atoms with E-state index in [9.17, 15) is 4.79 Å². The molecule has 1 heterocycles. The van der Waals surface area contributed by atoms with Gasteiger partial charge >= 0.3 is 6.09 Å². The number of fused-ring (bicyclic) bond motifs is 1. The summed E-state index contributed by atoms with van der Waals surface area (Å²) in [6, 6.07) is 18.4. The predicted molar refractivity (Wildman–Crippen MR) is 104 cm³/mol. The fraction of sp³-hybridized carbons (Fsp3) is 0.238. The number of para-hydroxylation sites is 1. The van der Waals surface area contributed by atoms with E-state index in [4.69, 9.17) is 4.74 Å². The van der Waals surface area contributed by atoms with E-state index in [2.05, 4.69) is 33.3 Å². The van der Waals surface area contributed by atoms with Crippen LogP contribution in [0, 0.1) is 0 Å². The number of hydrazone groups is 1. The molecule has 3 aromatic rings. The van der Waals surface area contributed by atoms with Crippen molar-refractivity contribution in [1.29, 1.82) is 0 Å². The molecular formula is C21H23N3O2. The maximum absolute atomic E-state index is 11.7. The summed E-state index contributed by atoms with van der Waals surface area (Å²) in [6.45, 7) is 6.21. The zero-order valence-electron chi connectivity index (χ0n) is 15.3. The lowest BCUT2D eigenvalue weighted by atomic mass is 10.2. The van der Waals surface area contributed by atoms with Gasteiger partial charge in [-0.15, -0.1) is 0 Å². The van der Waals surface area contributed by atoms with Gasteiger partial charge in [-0.3, -0.25) is 0 Å². The number of carbonyl (C=O) groups excluding carboxylic acids is 1. The molecule has 0 aliphatic heterocycles. The standard InChI is InChI=1S/C21H23N3O2/c1-21(2,3)26-20(25)23-22-13-17-15-24(14-16-9-5-4-6-10-16)19-12-8-7-11-18(17)19/h4-13,15H,14H2,1-3H3,(H,23,25)/b22-13-. The van der Waals surface area contributed by atoms with Crippen LogP contribution >= 0.6 is 0 Å². The van der Waals surface area contributed by atoms with Crippen molar-refractivity contribution >= 4 is 23.2 Å². The lowest BCUT2D eigenvalue weighted by Crippen LogP contribution is -2.29. The van der Waals surface area contributed by atoms with Crippen molar-refractivity contribution in [1.82, 2.24) is 9.99 Å². The number of benzene rings is 2. The number of rotatable bonds is 4. The zero-order chi connectivity index (χ0) is 18.6. The van der Waals surface area contributed by atoms with Gasteiger partial charge in [0.15, 0.2) is 0 Å². The maximum Gasteiger partial charge on any atom is 0.428 e. The third-order valence-electron chi connectivity index (χ3n) is 3.77. The second-order valence-corrected chi connectivity index (χ2v) is 7.09. The molecule has 26 heavy (non-hydrogen) atoms. The molecule has 1 N–H and O–H groups in total. The molecule has 0 atom stereocenters. The van der Waals surface area contributed by atoms with E-state index in [0.717, 1.165) is 23.0 Å². The summed E-state index contributed by atoms with van der Waals surface area (Å²) in [5.74, 6) is 0. The summed E-state index contributed by atoms with van der Waals surface area (Å²) < 4.78 is 7.36. The van der Waals surface area contributed by atoms with Crippen LogP contribution in [0.5, 0.6) is 0 Å². The number of hydrogen-bond acceptors (Lipinski definition) is 3. The molecule has 1 amide bonds. The Morgan fingerprint density at radius 2 is 1.81 bits per heavy atom. The second kappa shape index (κ2) is 7.44. The lowest BCUT2D eigenvalue weighted by Gasteiger charge is -2.18. The first-order chi connectivity index (χ1) is 12.4. The Morgan fingerprint density at radius 3 is 2.54 bits per heavy atom. The molecule has 0 unspecified atom stereocenters. The van der Waals surface area contributed by atoms with Gasteiger partial charge in [0.2, 0.25) is 0 Å². The van der Waals surface area contributed by atoms with Crippen LogP contribution in [0.25, 0.3) is 10.9 Å². The van der Waals surface area contributed by atoms with Crippen LogP contribution in [0.1, 0.15) is 31.9 Å². The fourth-order valence-corrected chi connectivity index (χ4v) is 2.74. The van der Waals surface area contributed by atoms with Gasteiger partial charge < -0.3 is 9.30 Å². The molecule has 0 bridgehead atoms. The monoisotopic (exact) mass is 349 g/mol. The van der Waals surface area contributed by atoms with Crippen LogP contribution in [0.3, 0.4) is 0 Å². The van der Waals surface area contributed by atoms with Crippen molar-refractivity contribution in [2.45, 2.75) is 32.9 Å². The molecular weight excluding hydrogens is 326 g/mol. The van der Waals surface area contributed by atoms with E-state index in [1.165, 1.54) is 5.56 Å². The summed E-state index contributed by atoms with van der Waals surface area (Å²) in [5.41, 5.74) is 5.14. The van der Waals surface area contributed by atoms with E-state index in [0.29, 0.717) is 0 Å². The number of ether oxygens (including phenoxy) is 1. The third kappa shape index (κ3) is 4.51. The minimum absolute atomic E-state index is 0.550. The van der Waals surface area contributed by atoms with Crippen molar-refractivity contribution in [3.05, 3.63) is 71.9 Å². The number of hydrogen-bond donors (Lipinski definition) is 1. The number of nitrogens with zero attached hydrogens (tertiary/aromatic N) is 2. The van der Waals surface area contributed by atoms with Crippen molar-refractivity contribution in [3.63, 3.8) is 0 Å². The van der Waals surface area contributed by atoms with Crippen LogP contribution < -0.4 is 5.43 Å². The van der Waals surface area contributed by atoms with E-state index >= 15 is 0 Å². The highest BCUT2D eigenvalue weighted by molar-refractivity contribution is 5.99. The molecule has 5 nitrogen and oxygen atoms in total. The van der Waals surface area contributed by atoms with Gasteiger partial charge in [-0.2, -0.15) is 5.10 Å². The molecule has 5 heteroatoms. The summed E-state index contributed by atoms with van der Waals surface area (Å²) in [7, 11) is 0. The quantitative estimate of drug-likeness (QED) is 0.555. The SMILES string of the molecule is CC(C)(C)OC(=O)N/N=C\c1cn(Cc2ccccc2)c2ccccc12. The Labute approximate surface area is 153 Å². The minimum atomic E-state index is -0.568. The van der Waals surface area contributed by atoms with Gasteiger partial charge in [-0.25, -0.2) is 10.2 Å². The average molecular weight is 349 g/mol. The average Bonchev–Trinajstić information content (AvgIpc) is 2.92. The number of carbonyl (C=O) groups is 1. The summed E-state index contributed by atoms with van der Waals surface area (Å²) in [6.07, 6.45) is 3.12. The molecule has 0 saturated carbocycles. The normalized spacial score (nSPS) is 11.8.